The van der Waals surface area contributed by atoms with Gasteiger partial charge < -0.3 is 10.0 Å². The minimum absolute atomic E-state index is 0.0646. The van der Waals surface area contributed by atoms with Crippen LogP contribution in [0.4, 0.5) is 19.0 Å². The molecular weight excluding hydrogens is 273 g/mol. The van der Waals surface area contributed by atoms with E-state index < -0.39 is 17.7 Å². The first-order valence-corrected chi connectivity index (χ1v) is 6.00. The second-order valence-corrected chi connectivity index (χ2v) is 4.59. The van der Waals surface area contributed by atoms with Crippen molar-refractivity contribution in [2.24, 2.45) is 0 Å². The lowest BCUT2D eigenvalue weighted by molar-refractivity contribution is -0.0944. The lowest BCUT2D eigenvalue weighted by Gasteiger charge is -2.29. The molecule has 0 saturated carbocycles. The first-order valence-electron chi connectivity index (χ1n) is 6.00. The number of alkyl halides is 3. The van der Waals surface area contributed by atoms with Crippen molar-refractivity contribution in [1.82, 2.24) is 4.98 Å². The van der Waals surface area contributed by atoms with Gasteiger partial charge in [0.1, 0.15) is 5.82 Å². The molecule has 0 unspecified atom stereocenters. The average molecular weight is 286 g/mol. The predicted molar refractivity (Wildman–Crippen MR) is 66.9 cm³/mol. The van der Waals surface area contributed by atoms with Crippen molar-refractivity contribution >= 4 is 11.8 Å². The van der Waals surface area contributed by atoms with Crippen molar-refractivity contribution in [2.75, 3.05) is 18.0 Å². The minimum atomic E-state index is -4.28. The molecule has 0 saturated heterocycles. The fourth-order valence-electron chi connectivity index (χ4n) is 2.13. The van der Waals surface area contributed by atoms with E-state index in [1.165, 1.54) is 12.3 Å². The van der Waals surface area contributed by atoms with Crippen molar-refractivity contribution in [3.8, 4) is 0 Å². The molecule has 1 aromatic rings. The van der Waals surface area contributed by atoms with Gasteiger partial charge >= 0.3 is 12.1 Å². The molecule has 0 bridgehead atoms. The molecule has 1 aliphatic heterocycles. The third kappa shape index (κ3) is 2.92. The van der Waals surface area contributed by atoms with Gasteiger partial charge in [0.2, 0.25) is 0 Å². The summed E-state index contributed by atoms with van der Waals surface area (Å²) in [5, 5.41) is 8.85. The van der Waals surface area contributed by atoms with Gasteiger partial charge in [-0.05, 0) is 25.0 Å². The molecule has 2 rings (SSSR count). The smallest absolute Gasteiger partial charge is 0.412 e. The van der Waals surface area contributed by atoms with Gasteiger partial charge in [-0.3, -0.25) is 0 Å². The predicted octanol–water partition coefficient (Wildman–Crippen LogP) is 2.79. The van der Waals surface area contributed by atoms with Gasteiger partial charge in [-0.15, -0.1) is 0 Å². The fraction of sp³-hybridized carbons (Fsp3) is 0.385. The molecule has 2 heterocycles. The van der Waals surface area contributed by atoms with Crippen LogP contribution in [0.25, 0.3) is 0 Å². The van der Waals surface area contributed by atoms with Gasteiger partial charge in [0.05, 0.1) is 5.56 Å². The lowest BCUT2D eigenvalue weighted by Crippen LogP contribution is -2.33. The topological polar surface area (TPSA) is 53.4 Å². The lowest BCUT2D eigenvalue weighted by atomic mass is 10.1. The summed E-state index contributed by atoms with van der Waals surface area (Å²) in [5.41, 5.74) is 0.178. The molecule has 1 N–H and O–H groups in total. The third-order valence-corrected chi connectivity index (χ3v) is 3.17. The van der Waals surface area contributed by atoms with Crippen LogP contribution in [-0.2, 0) is 0 Å². The van der Waals surface area contributed by atoms with Gasteiger partial charge in [0.15, 0.2) is 0 Å². The molecule has 7 heteroatoms. The number of carboxylic acid groups (broad SMARTS) is 1. The van der Waals surface area contributed by atoms with Crippen LogP contribution < -0.4 is 4.90 Å². The van der Waals surface area contributed by atoms with Crippen LogP contribution in [0.3, 0.4) is 0 Å². The highest BCUT2D eigenvalue weighted by molar-refractivity contribution is 5.87. The molecule has 0 aromatic carbocycles. The molecule has 4 nitrogen and oxygen atoms in total. The van der Waals surface area contributed by atoms with E-state index in [0.717, 1.165) is 6.08 Å². The number of rotatable bonds is 2. The van der Waals surface area contributed by atoms with Crippen LogP contribution in [0.2, 0.25) is 0 Å². The van der Waals surface area contributed by atoms with E-state index in [0.29, 0.717) is 11.4 Å². The summed E-state index contributed by atoms with van der Waals surface area (Å²) >= 11 is 0. The molecule has 0 atom stereocenters. The highest BCUT2D eigenvalue weighted by Gasteiger charge is 2.35. The van der Waals surface area contributed by atoms with Crippen molar-refractivity contribution in [2.45, 2.75) is 19.5 Å². The number of aryl methyl sites for hydroxylation is 1. The maximum atomic E-state index is 12.5. The number of nitrogens with zero attached hydrogens (tertiary/aromatic N) is 2. The Hall–Kier alpha value is -2.05. The van der Waals surface area contributed by atoms with Crippen LogP contribution in [0, 0.1) is 6.92 Å². The molecule has 1 aliphatic rings. The van der Waals surface area contributed by atoms with E-state index >= 15 is 0 Å². The monoisotopic (exact) mass is 286 g/mol. The van der Waals surface area contributed by atoms with Gasteiger partial charge in [-0.25, -0.2) is 9.78 Å². The Morgan fingerprint density at radius 2 is 2.15 bits per heavy atom. The number of aromatic nitrogens is 1. The second-order valence-electron chi connectivity index (χ2n) is 4.59. The normalized spacial score (nSPS) is 16.0. The van der Waals surface area contributed by atoms with Crippen molar-refractivity contribution in [3.63, 3.8) is 0 Å². The molecule has 1 aromatic heterocycles. The summed E-state index contributed by atoms with van der Waals surface area (Å²) in [6, 6.07) is 1.47. The molecule has 20 heavy (non-hydrogen) atoms. The van der Waals surface area contributed by atoms with E-state index in [4.69, 9.17) is 5.11 Å². The first-order chi connectivity index (χ1) is 9.29. The van der Waals surface area contributed by atoms with Crippen molar-refractivity contribution in [3.05, 3.63) is 35.0 Å². The first kappa shape index (κ1) is 14.4. The maximum Gasteiger partial charge on any atom is 0.412 e. The van der Waals surface area contributed by atoms with Crippen molar-refractivity contribution in [1.29, 1.82) is 0 Å². The number of anilines is 1. The van der Waals surface area contributed by atoms with E-state index in [-0.39, 0.29) is 25.1 Å². The highest BCUT2D eigenvalue weighted by atomic mass is 19.4. The summed E-state index contributed by atoms with van der Waals surface area (Å²) in [4.78, 5) is 16.6. The summed E-state index contributed by atoms with van der Waals surface area (Å²) < 4.78 is 37.6. The quantitative estimate of drug-likeness (QED) is 0.849. The molecule has 108 valence electrons. The SMILES string of the molecule is Cc1cc(C(=O)O)cnc1N1CC=C(C(F)(F)F)CC1. The summed E-state index contributed by atoms with van der Waals surface area (Å²) in [7, 11) is 0. The Morgan fingerprint density at radius 1 is 1.45 bits per heavy atom. The Labute approximate surface area is 113 Å². The number of carboxylic acids is 1. The Bertz CT molecular complexity index is 567. The highest BCUT2D eigenvalue weighted by Crippen LogP contribution is 2.31. The summed E-state index contributed by atoms with van der Waals surface area (Å²) in [6.07, 6.45) is -2.00. The zero-order valence-corrected chi connectivity index (χ0v) is 10.7. The molecule has 0 spiro atoms. The molecule has 0 radical (unpaired) electrons. The standard InChI is InChI=1S/C13H13F3N2O2/c1-8-6-9(12(19)20)7-17-11(8)18-4-2-10(3-5-18)13(14,15)16/h2,6-7H,3-5H2,1H3,(H,19,20). The number of aromatic carboxylic acids is 1. The number of pyridine rings is 1. The number of hydrogen-bond acceptors (Lipinski definition) is 3. The van der Waals surface area contributed by atoms with E-state index in [1.807, 2.05) is 0 Å². The summed E-state index contributed by atoms with van der Waals surface area (Å²) in [6.45, 7) is 2.03. The average Bonchev–Trinajstić information content (AvgIpc) is 2.37. The minimum Gasteiger partial charge on any atom is -0.478 e. The van der Waals surface area contributed by atoms with E-state index in [9.17, 15) is 18.0 Å². The third-order valence-electron chi connectivity index (χ3n) is 3.17. The Balaban J connectivity index is 2.19. The number of carbonyl (C=O) groups is 1. The zero-order chi connectivity index (χ0) is 14.9. The summed E-state index contributed by atoms with van der Waals surface area (Å²) in [5.74, 6) is -0.558. The van der Waals surface area contributed by atoms with Crippen molar-refractivity contribution < 1.29 is 23.1 Å². The van der Waals surface area contributed by atoms with Crippen LogP contribution >= 0.6 is 0 Å². The largest absolute Gasteiger partial charge is 0.478 e. The molecule has 0 amide bonds. The van der Waals surface area contributed by atoms with Gasteiger partial charge in [0.25, 0.3) is 0 Å². The number of halogens is 3. The van der Waals surface area contributed by atoms with Gasteiger partial charge in [-0.1, -0.05) is 6.08 Å². The molecular formula is C13H13F3N2O2. The maximum absolute atomic E-state index is 12.5. The van der Waals surface area contributed by atoms with Crippen LogP contribution in [-0.4, -0.2) is 35.3 Å². The Morgan fingerprint density at radius 3 is 2.60 bits per heavy atom. The van der Waals surface area contributed by atoms with Gasteiger partial charge in [0, 0.05) is 24.9 Å². The Kier molecular flexibility index (Phi) is 3.69. The van der Waals surface area contributed by atoms with Crippen LogP contribution in [0.5, 0.6) is 0 Å². The zero-order valence-electron chi connectivity index (χ0n) is 10.7. The van der Waals surface area contributed by atoms with Crippen LogP contribution in [0.1, 0.15) is 22.3 Å². The van der Waals surface area contributed by atoms with E-state index in [1.54, 1.807) is 11.8 Å². The fourth-order valence-corrected chi connectivity index (χ4v) is 2.13. The number of hydrogen-bond donors (Lipinski definition) is 1. The molecule has 0 fully saturated rings. The van der Waals surface area contributed by atoms with E-state index in [2.05, 4.69) is 4.98 Å². The van der Waals surface area contributed by atoms with Crippen LogP contribution in [0.15, 0.2) is 23.9 Å². The van der Waals surface area contributed by atoms with Gasteiger partial charge in [-0.2, -0.15) is 13.2 Å². The molecule has 0 aliphatic carbocycles. The second kappa shape index (κ2) is 5.15.